The molecular formula is C14H21ClF2N2O3. The van der Waals surface area contributed by atoms with Gasteiger partial charge in [0, 0.05) is 26.2 Å². The Hall–Kier alpha value is -1.15. The number of halogens is 3. The quantitative estimate of drug-likeness (QED) is 0.757. The van der Waals surface area contributed by atoms with E-state index >= 15 is 0 Å². The van der Waals surface area contributed by atoms with Crippen molar-refractivity contribution in [3.8, 4) is 11.5 Å². The molecule has 126 valence electrons. The topological polar surface area (TPSA) is 65.0 Å². The summed E-state index contributed by atoms with van der Waals surface area (Å²) in [5.41, 5.74) is 0.311. The Bertz CT molecular complexity index is 485. The van der Waals surface area contributed by atoms with Crippen molar-refractivity contribution >= 4 is 12.4 Å². The van der Waals surface area contributed by atoms with Crippen LogP contribution in [0.15, 0.2) is 18.2 Å². The second kappa shape index (κ2) is 7.92. The molecule has 1 aromatic rings. The summed E-state index contributed by atoms with van der Waals surface area (Å²) < 4.78 is 33.4. The number of aliphatic hydroxyl groups excluding tert-OH is 1. The molecule has 1 heterocycles. The molecule has 1 saturated heterocycles. The zero-order chi connectivity index (χ0) is 15.5. The zero-order valence-electron chi connectivity index (χ0n) is 12.3. The van der Waals surface area contributed by atoms with Gasteiger partial charge in [0.2, 0.25) is 0 Å². The van der Waals surface area contributed by atoms with Crippen LogP contribution in [-0.4, -0.2) is 60.9 Å². The number of nitrogens with zero attached hydrogens (tertiary/aromatic N) is 1. The number of hydrogen-bond acceptors (Lipinski definition) is 5. The number of phenols is 1. The van der Waals surface area contributed by atoms with Crippen LogP contribution in [0, 0.1) is 0 Å². The molecule has 2 rings (SSSR count). The summed E-state index contributed by atoms with van der Waals surface area (Å²) in [7, 11) is 1.36. The highest BCUT2D eigenvalue weighted by atomic mass is 35.5. The molecule has 22 heavy (non-hydrogen) atoms. The number of nitrogens with one attached hydrogen (secondary N) is 1. The highest BCUT2D eigenvalue weighted by Crippen LogP contribution is 2.39. The lowest BCUT2D eigenvalue weighted by atomic mass is 9.97. The summed E-state index contributed by atoms with van der Waals surface area (Å²) in [5.74, 6) is -3.24. The molecule has 1 aromatic carbocycles. The van der Waals surface area contributed by atoms with Crippen LogP contribution in [0.5, 0.6) is 11.5 Å². The number of benzene rings is 1. The van der Waals surface area contributed by atoms with Crippen molar-refractivity contribution in [2.24, 2.45) is 0 Å². The molecule has 1 aliphatic rings. The smallest absolute Gasteiger partial charge is 0.289 e. The van der Waals surface area contributed by atoms with E-state index in [1.807, 2.05) is 0 Å². The first-order chi connectivity index (χ1) is 9.99. The number of piperazine rings is 1. The molecule has 0 radical (unpaired) electrons. The van der Waals surface area contributed by atoms with Gasteiger partial charge in [-0.25, -0.2) is 8.78 Å². The molecule has 0 amide bonds. The molecule has 3 N–H and O–H groups in total. The molecular weight excluding hydrogens is 318 g/mol. The lowest BCUT2D eigenvalue weighted by Gasteiger charge is -2.38. The third kappa shape index (κ3) is 3.98. The summed E-state index contributed by atoms with van der Waals surface area (Å²) in [4.78, 5) is 1.64. The van der Waals surface area contributed by atoms with Gasteiger partial charge in [-0.05, 0) is 17.7 Å². The summed E-state index contributed by atoms with van der Waals surface area (Å²) >= 11 is 0. The third-order valence-corrected chi connectivity index (χ3v) is 3.65. The lowest BCUT2D eigenvalue weighted by Crippen LogP contribution is -2.51. The summed E-state index contributed by atoms with van der Waals surface area (Å²) in [6.07, 6.45) is 0. The molecule has 0 aromatic heterocycles. The minimum atomic E-state index is -3.28. The number of hydrogen-bond donors (Lipinski definition) is 3. The Kier molecular flexibility index (Phi) is 6.80. The van der Waals surface area contributed by atoms with Crippen LogP contribution in [-0.2, 0) is 0 Å². The SMILES string of the molecule is COc1cc([C@@H](N2CCNCC2)C(F)(F)CO)ccc1O.Cl. The van der Waals surface area contributed by atoms with Gasteiger partial charge in [-0.1, -0.05) is 6.07 Å². The van der Waals surface area contributed by atoms with Crippen molar-refractivity contribution in [3.63, 3.8) is 0 Å². The van der Waals surface area contributed by atoms with Gasteiger partial charge in [0.1, 0.15) is 12.6 Å². The van der Waals surface area contributed by atoms with Gasteiger partial charge >= 0.3 is 0 Å². The van der Waals surface area contributed by atoms with Crippen molar-refractivity contribution < 1.29 is 23.7 Å². The van der Waals surface area contributed by atoms with Crippen molar-refractivity contribution in [2.45, 2.75) is 12.0 Å². The number of rotatable bonds is 5. The minimum absolute atomic E-state index is 0. The second-order valence-electron chi connectivity index (χ2n) is 5.04. The lowest BCUT2D eigenvalue weighted by molar-refractivity contribution is -0.118. The molecule has 1 aliphatic heterocycles. The summed E-state index contributed by atoms with van der Waals surface area (Å²) in [6, 6.07) is 2.91. The average Bonchev–Trinajstić information content (AvgIpc) is 2.50. The van der Waals surface area contributed by atoms with Crippen LogP contribution in [0.3, 0.4) is 0 Å². The van der Waals surface area contributed by atoms with E-state index in [9.17, 15) is 13.9 Å². The van der Waals surface area contributed by atoms with Gasteiger partial charge in [-0.15, -0.1) is 12.4 Å². The molecule has 0 aliphatic carbocycles. The van der Waals surface area contributed by atoms with Crippen molar-refractivity contribution in [1.29, 1.82) is 0 Å². The minimum Gasteiger partial charge on any atom is -0.504 e. The predicted molar refractivity (Wildman–Crippen MR) is 81.1 cm³/mol. The number of ether oxygens (including phenoxy) is 1. The van der Waals surface area contributed by atoms with Gasteiger partial charge in [-0.2, -0.15) is 0 Å². The van der Waals surface area contributed by atoms with E-state index in [2.05, 4.69) is 5.32 Å². The van der Waals surface area contributed by atoms with Crippen LogP contribution >= 0.6 is 12.4 Å². The summed E-state index contributed by atoms with van der Waals surface area (Å²) in [5, 5.41) is 21.8. The Morgan fingerprint density at radius 2 is 2.00 bits per heavy atom. The van der Waals surface area contributed by atoms with E-state index in [0.29, 0.717) is 31.7 Å². The van der Waals surface area contributed by atoms with Gasteiger partial charge in [0.25, 0.3) is 5.92 Å². The molecule has 0 unspecified atom stereocenters. The van der Waals surface area contributed by atoms with E-state index in [-0.39, 0.29) is 23.9 Å². The Labute approximate surface area is 134 Å². The van der Waals surface area contributed by atoms with Crippen molar-refractivity contribution in [3.05, 3.63) is 23.8 Å². The van der Waals surface area contributed by atoms with Gasteiger partial charge in [-0.3, -0.25) is 4.90 Å². The highest BCUT2D eigenvalue weighted by molar-refractivity contribution is 5.85. The van der Waals surface area contributed by atoms with Crippen LogP contribution in [0.25, 0.3) is 0 Å². The first-order valence-electron chi connectivity index (χ1n) is 6.80. The molecule has 1 fully saturated rings. The molecule has 1 atom stereocenters. The standard InChI is InChI=1S/C14H20F2N2O3.ClH/c1-21-12-8-10(2-3-11(12)20)13(14(15,16)9-19)18-6-4-17-5-7-18;/h2-3,8,13,17,19-20H,4-7,9H2,1H3;1H/t13-;/m1./s1. The number of aromatic hydroxyl groups is 1. The van der Waals surface area contributed by atoms with E-state index in [1.165, 1.54) is 25.3 Å². The average molecular weight is 339 g/mol. The molecule has 0 saturated carbocycles. The van der Waals surface area contributed by atoms with E-state index in [0.717, 1.165) is 0 Å². The van der Waals surface area contributed by atoms with Gasteiger partial charge in [0.15, 0.2) is 11.5 Å². The monoisotopic (exact) mass is 338 g/mol. The van der Waals surface area contributed by atoms with E-state index in [4.69, 9.17) is 9.84 Å². The van der Waals surface area contributed by atoms with Crippen LogP contribution in [0.4, 0.5) is 8.78 Å². The first kappa shape index (κ1) is 18.9. The highest BCUT2D eigenvalue weighted by Gasteiger charge is 2.44. The number of alkyl halides is 2. The fourth-order valence-corrected chi connectivity index (χ4v) is 2.61. The Morgan fingerprint density at radius 1 is 1.36 bits per heavy atom. The largest absolute Gasteiger partial charge is 0.504 e. The van der Waals surface area contributed by atoms with Crippen molar-refractivity contribution in [1.82, 2.24) is 10.2 Å². The van der Waals surface area contributed by atoms with E-state index in [1.54, 1.807) is 4.90 Å². The number of phenolic OH excluding ortho intramolecular Hbond substituents is 1. The van der Waals surface area contributed by atoms with Crippen LogP contribution in [0.2, 0.25) is 0 Å². The van der Waals surface area contributed by atoms with Gasteiger partial charge in [0.05, 0.1) is 7.11 Å². The predicted octanol–water partition coefficient (Wildman–Crippen LogP) is 1.40. The third-order valence-electron chi connectivity index (χ3n) is 3.65. The first-order valence-corrected chi connectivity index (χ1v) is 6.80. The molecule has 0 bridgehead atoms. The Morgan fingerprint density at radius 3 is 2.55 bits per heavy atom. The van der Waals surface area contributed by atoms with Crippen LogP contribution < -0.4 is 10.1 Å². The normalized spacial score (nSPS) is 17.6. The maximum atomic E-state index is 14.2. The number of aliphatic hydroxyl groups is 1. The van der Waals surface area contributed by atoms with E-state index < -0.39 is 18.6 Å². The maximum absolute atomic E-state index is 14.2. The Balaban J connectivity index is 0.00000242. The second-order valence-corrected chi connectivity index (χ2v) is 5.04. The zero-order valence-corrected chi connectivity index (χ0v) is 13.1. The fourth-order valence-electron chi connectivity index (χ4n) is 2.61. The van der Waals surface area contributed by atoms with Crippen LogP contribution in [0.1, 0.15) is 11.6 Å². The molecule has 8 heteroatoms. The molecule has 0 spiro atoms. The van der Waals surface area contributed by atoms with Crippen molar-refractivity contribution in [2.75, 3.05) is 39.9 Å². The number of methoxy groups -OCH3 is 1. The fraction of sp³-hybridized carbons (Fsp3) is 0.571. The maximum Gasteiger partial charge on any atom is 0.289 e. The molecule has 5 nitrogen and oxygen atoms in total. The summed E-state index contributed by atoms with van der Waals surface area (Å²) in [6.45, 7) is 0.929. The van der Waals surface area contributed by atoms with Gasteiger partial charge < -0.3 is 20.3 Å².